The summed E-state index contributed by atoms with van der Waals surface area (Å²) in [5.41, 5.74) is 3.94. The Bertz CT molecular complexity index is 1450. The fourth-order valence-electron chi connectivity index (χ4n) is 3.72. The van der Waals surface area contributed by atoms with Gasteiger partial charge in [-0.1, -0.05) is 12.1 Å². The predicted octanol–water partition coefficient (Wildman–Crippen LogP) is 4.40. The summed E-state index contributed by atoms with van der Waals surface area (Å²) in [4.78, 5) is 20.5. The summed E-state index contributed by atoms with van der Waals surface area (Å²) in [7, 11) is -3.62. The number of aryl methyl sites for hydroxylation is 2. The highest BCUT2D eigenvalue weighted by atomic mass is 32.2. The van der Waals surface area contributed by atoms with E-state index in [1.165, 1.54) is 4.88 Å². The minimum atomic E-state index is -3.62. The topological polar surface area (TPSA) is 120 Å². The van der Waals surface area contributed by atoms with Crippen molar-refractivity contribution in [2.45, 2.75) is 39.5 Å². The van der Waals surface area contributed by atoms with Gasteiger partial charge in [0, 0.05) is 27.0 Å². The second-order valence-corrected chi connectivity index (χ2v) is 11.3. The fraction of sp³-hybridized carbons (Fsp3) is 0.261. The number of carbonyl (C=O) groups is 1. The number of nitrogens with one attached hydrogen (secondary N) is 1. The molecule has 0 spiro atoms. The van der Waals surface area contributed by atoms with Gasteiger partial charge in [0.05, 0.1) is 28.6 Å². The molecule has 3 heterocycles. The van der Waals surface area contributed by atoms with Gasteiger partial charge in [-0.2, -0.15) is 5.10 Å². The molecule has 0 saturated heterocycles. The number of nitrogens with two attached hydrogens (primary N) is 1. The molecule has 0 radical (unpaired) electrons. The summed E-state index contributed by atoms with van der Waals surface area (Å²) in [6.07, 6.45) is 1.67. The van der Waals surface area contributed by atoms with Crippen LogP contribution in [-0.4, -0.2) is 29.1 Å². The molecule has 0 aliphatic carbocycles. The van der Waals surface area contributed by atoms with E-state index in [9.17, 15) is 13.2 Å². The van der Waals surface area contributed by atoms with Gasteiger partial charge in [-0.3, -0.25) is 4.79 Å². The molecule has 172 valence electrons. The van der Waals surface area contributed by atoms with Crippen LogP contribution in [-0.2, 0) is 15.8 Å². The molecule has 0 unspecified atom stereocenters. The summed E-state index contributed by atoms with van der Waals surface area (Å²) in [6.45, 7) is 8.12. The molecule has 0 aliphatic heterocycles. The van der Waals surface area contributed by atoms with Gasteiger partial charge in [0.25, 0.3) is 5.91 Å². The van der Waals surface area contributed by atoms with Crippen molar-refractivity contribution in [3.63, 3.8) is 0 Å². The van der Waals surface area contributed by atoms with E-state index in [1.54, 1.807) is 47.9 Å². The third kappa shape index (κ3) is 4.97. The average molecular weight is 484 g/mol. The maximum atomic E-state index is 13.3. The molecular formula is C23H25N5O3S2. The number of anilines is 1. The number of hydrogen-bond acceptors (Lipinski definition) is 6. The lowest BCUT2D eigenvalue weighted by atomic mass is 10.1. The number of amides is 1. The number of rotatable bonds is 6. The minimum Gasteiger partial charge on any atom is -0.322 e. The molecule has 3 aromatic heterocycles. The third-order valence-corrected chi connectivity index (χ3v) is 6.90. The van der Waals surface area contributed by atoms with Crippen LogP contribution in [0, 0.1) is 13.8 Å². The van der Waals surface area contributed by atoms with Crippen molar-refractivity contribution in [3.8, 4) is 11.3 Å². The Kier molecular flexibility index (Phi) is 6.08. The average Bonchev–Trinajstić information content (AvgIpc) is 3.30. The Hall–Kier alpha value is -3.08. The van der Waals surface area contributed by atoms with Crippen molar-refractivity contribution in [3.05, 3.63) is 63.5 Å². The number of thiophene rings is 1. The first-order valence-electron chi connectivity index (χ1n) is 10.4. The molecule has 4 rings (SSSR count). The monoisotopic (exact) mass is 483 g/mol. The van der Waals surface area contributed by atoms with E-state index in [4.69, 9.17) is 10.1 Å². The van der Waals surface area contributed by atoms with Crippen LogP contribution in [0.15, 0.2) is 42.6 Å². The third-order valence-electron chi connectivity index (χ3n) is 5.20. The minimum absolute atomic E-state index is 0.0813. The number of sulfonamides is 1. The van der Waals surface area contributed by atoms with Crippen molar-refractivity contribution < 1.29 is 13.2 Å². The van der Waals surface area contributed by atoms with Crippen molar-refractivity contribution >= 4 is 44.0 Å². The molecule has 0 aliphatic rings. The molecule has 0 fully saturated rings. The first-order valence-corrected chi connectivity index (χ1v) is 12.9. The normalized spacial score (nSPS) is 11.9. The second-order valence-electron chi connectivity index (χ2n) is 8.26. The Balaban J connectivity index is 1.74. The molecule has 0 bridgehead atoms. The molecule has 4 aromatic rings. The van der Waals surface area contributed by atoms with Gasteiger partial charge in [-0.05, 0) is 57.5 Å². The number of benzene rings is 1. The lowest BCUT2D eigenvalue weighted by Crippen LogP contribution is -2.15. The van der Waals surface area contributed by atoms with Gasteiger partial charge < -0.3 is 5.32 Å². The number of pyridine rings is 1. The summed E-state index contributed by atoms with van der Waals surface area (Å²) in [5, 5.41) is 13.1. The standard InChI is InChI=1S/C23H25N5O3S2/c1-13(2)28-22-20(11-25-28)19(10-21(27-22)18-9-14(3)32-15(18)4)23(29)26-17-7-5-16(6-8-17)12-33(24,30)31/h5-11,13H,12H2,1-4H3,(H,26,29)(H2,24,30,31). The van der Waals surface area contributed by atoms with Gasteiger partial charge in [0.1, 0.15) is 0 Å². The molecule has 1 amide bonds. The SMILES string of the molecule is Cc1cc(-c2cc(C(=O)Nc3ccc(CS(N)(=O)=O)cc3)c3cnn(C(C)C)c3n2)c(C)s1. The molecule has 8 nitrogen and oxygen atoms in total. The summed E-state index contributed by atoms with van der Waals surface area (Å²) in [6, 6.07) is 10.5. The zero-order valence-corrected chi connectivity index (χ0v) is 20.4. The highest BCUT2D eigenvalue weighted by Gasteiger charge is 2.20. The highest BCUT2D eigenvalue weighted by Crippen LogP contribution is 2.32. The molecular weight excluding hydrogens is 458 g/mol. The first kappa shape index (κ1) is 23.1. The van der Waals surface area contributed by atoms with E-state index < -0.39 is 10.0 Å². The summed E-state index contributed by atoms with van der Waals surface area (Å²) >= 11 is 1.69. The van der Waals surface area contributed by atoms with Gasteiger partial charge in [-0.25, -0.2) is 23.2 Å². The van der Waals surface area contributed by atoms with Crippen LogP contribution in [0.3, 0.4) is 0 Å². The Morgan fingerprint density at radius 3 is 2.45 bits per heavy atom. The van der Waals surface area contributed by atoms with E-state index >= 15 is 0 Å². The van der Waals surface area contributed by atoms with Crippen molar-refractivity contribution in [2.75, 3.05) is 5.32 Å². The van der Waals surface area contributed by atoms with Gasteiger partial charge in [0.2, 0.25) is 10.0 Å². The number of nitrogens with zero attached hydrogens (tertiary/aromatic N) is 3. The molecule has 1 aromatic carbocycles. The number of fused-ring (bicyclic) bond motifs is 1. The molecule has 0 saturated carbocycles. The quantitative estimate of drug-likeness (QED) is 0.421. The summed E-state index contributed by atoms with van der Waals surface area (Å²) < 4.78 is 24.4. The Labute approximate surface area is 196 Å². The van der Waals surface area contributed by atoms with Crippen LogP contribution in [0.25, 0.3) is 22.3 Å². The van der Waals surface area contributed by atoms with Crippen molar-refractivity contribution in [2.24, 2.45) is 5.14 Å². The van der Waals surface area contributed by atoms with Crippen LogP contribution in [0.5, 0.6) is 0 Å². The zero-order chi connectivity index (χ0) is 23.9. The van der Waals surface area contributed by atoms with E-state index in [-0.39, 0.29) is 17.7 Å². The number of aromatic nitrogens is 3. The molecule has 10 heteroatoms. The van der Waals surface area contributed by atoms with E-state index in [0.29, 0.717) is 27.8 Å². The zero-order valence-electron chi connectivity index (χ0n) is 18.8. The van der Waals surface area contributed by atoms with E-state index in [2.05, 4.69) is 16.5 Å². The smallest absolute Gasteiger partial charge is 0.256 e. The van der Waals surface area contributed by atoms with Gasteiger partial charge in [-0.15, -0.1) is 11.3 Å². The van der Waals surface area contributed by atoms with E-state index in [0.717, 1.165) is 16.1 Å². The number of hydrogen-bond donors (Lipinski definition) is 2. The van der Waals surface area contributed by atoms with Crippen molar-refractivity contribution in [1.29, 1.82) is 0 Å². The van der Waals surface area contributed by atoms with Crippen LogP contribution >= 0.6 is 11.3 Å². The Morgan fingerprint density at radius 2 is 1.88 bits per heavy atom. The second kappa shape index (κ2) is 8.69. The Morgan fingerprint density at radius 1 is 1.18 bits per heavy atom. The lowest BCUT2D eigenvalue weighted by Gasteiger charge is -2.11. The summed E-state index contributed by atoms with van der Waals surface area (Å²) in [5.74, 6) is -0.556. The maximum Gasteiger partial charge on any atom is 0.256 e. The number of primary sulfonamides is 1. The largest absolute Gasteiger partial charge is 0.322 e. The molecule has 33 heavy (non-hydrogen) atoms. The first-order chi connectivity index (χ1) is 15.5. The van der Waals surface area contributed by atoms with Crippen LogP contribution in [0.4, 0.5) is 5.69 Å². The highest BCUT2D eigenvalue weighted by molar-refractivity contribution is 7.88. The van der Waals surface area contributed by atoms with Gasteiger partial charge >= 0.3 is 0 Å². The predicted molar refractivity (Wildman–Crippen MR) is 132 cm³/mol. The van der Waals surface area contributed by atoms with E-state index in [1.807, 2.05) is 32.4 Å². The van der Waals surface area contributed by atoms with Gasteiger partial charge in [0.15, 0.2) is 5.65 Å². The lowest BCUT2D eigenvalue weighted by molar-refractivity contribution is 0.102. The number of carbonyl (C=O) groups excluding carboxylic acids is 1. The van der Waals surface area contributed by atoms with Crippen LogP contribution < -0.4 is 10.5 Å². The maximum absolute atomic E-state index is 13.3. The fourth-order valence-corrected chi connectivity index (χ4v) is 5.31. The van der Waals surface area contributed by atoms with Crippen LogP contribution in [0.1, 0.15) is 45.6 Å². The van der Waals surface area contributed by atoms with Crippen LogP contribution in [0.2, 0.25) is 0 Å². The van der Waals surface area contributed by atoms with Crippen molar-refractivity contribution in [1.82, 2.24) is 14.8 Å². The molecule has 3 N–H and O–H groups in total. The molecule has 0 atom stereocenters.